The molecule has 0 fully saturated rings. The standard InChI is InChI=1S/C18H23FN2/c1-4-21(16-10-8-15(19)9-11-16)18(12-20)17-7-5-6-13(2)14(17)3/h5-11,18H,4,12,20H2,1-3H3. The van der Waals surface area contributed by atoms with Crippen molar-refractivity contribution >= 4 is 5.69 Å². The maximum atomic E-state index is 13.1. The van der Waals surface area contributed by atoms with Crippen molar-refractivity contribution in [1.29, 1.82) is 0 Å². The van der Waals surface area contributed by atoms with Crippen LogP contribution in [0, 0.1) is 19.7 Å². The Bertz CT molecular complexity index is 593. The Hall–Kier alpha value is -1.87. The third kappa shape index (κ3) is 3.24. The van der Waals surface area contributed by atoms with Gasteiger partial charge < -0.3 is 10.6 Å². The van der Waals surface area contributed by atoms with E-state index in [-0.39, 0.29) is 11.9 Å². The van der Waals surface area contributed by atoms with E-state index in [9.17, 15) is 4.39 Å². The third-order valence-corrected chi connectivity index (χ3v) is 4.10. The first-order valence-corrected chi connectivity index (χ1v) is 7.36. The summed E-state index contributed by atoms with van der Waals surface area (Å²) in [6.07, 6.45) is 0. The SMILES string of the molecule is CCN(c1ccc(F)cc1)C(CN)c1cccc(C)c1C. The van der Waals surface area contributed by atoms with Crippen LogP contribution in [0.2, 0.25) is 0 Å². The van der Waals surface area contributed by atoms with Gasteiger partial charge in [0, 0.05) is 18.8 Å². The maximum Gasteiger partial charge on any atom is 0.123 e. The van der Waals surface area contributed by atoms with Crippen LogP contribution < -0.4 is 10.6 Å². The molecule has 0 saturated carbocycles. The first-order chi connectivity index (χ1) is 10.1. The molecule has 21 heavy (non-hydrogen) atoms. The average molecular weight is 286 g/mol. The van der Waals surface area contributed by atoms with Gasteiger partial charge in [-0.2, -0.15) is 0 Å². The average Bonchev–Trinajstić information content (AvgIpc) is 2.49. The van der Waals surface area contributed by atoms with Crippen molar-refractivity contribution in [1.82, 2.24) is 0 Å². The van der Waals surface area contributed by atoms with Gasteiger partial charge in [-0.15, -0.1) is 0 Å². The lowest BCUT2D eigenvalue weighted by Crippen LogP contribution is -2.34. The maximum absolute atomic E-state index is 13.1. The Labute approximate surface area is 126 Å². The van der Waals surface area contributed by atoms with E-state index in [0.717, 1.165) is 12.2 Å². The second kappa shape index (κ2) is 6.72. The zero-order valence-electron chi connectivity index (χ0n) is 12.9. The highest BCUT2D eigenvalue weighted by molar-refractivity contribution is 5.50. The minimum absolute atomic E-state index is 0.0976. The topological polar surface area (TPSA) is 29.3 Å². The first kappa shape index (κ1) is 15.5. The predicted octanol–water partition coefficient (Wildman–Crippen LogP) is 3.97. The highest BCUT2D eigenvalue weighted by Gasteiger charge is 2.20. The number of aryl methyl sites for hydroxylation is 1. The Morgan fingerprint density at radius 3 is 2.33 bits per heavy atom. The summed E-state index contributed by atoms with van der Waals surface area (Å²) < 4.78 is 13.1. The predicted molar refractivity (Wildman–Crippen MR) is 87.1 cm³/mol. The number of benzene rings is 2. The Balaban J connectivity index is 2.42. The lowest BCUT2D eigenvalue weighted by atomic mass is 9.96. The molecule has 1 unspecified atom stereocenters. The van der Waals surface area contributed by atoms with Gasteiger partial charge in [-0.05, 0) is 61.7 Å². The van der Waals surface area contributed by atoms with Crippen LogP contribution in [-0.4, -0.2) is 13.1 Å². The number of hydrogen-bond acceptors (Lipinski definition) is 2. The molecule has 0 aromatic heterocycles. The van der Waals surface area contributed by atoms with Gasteiger partial charge in [0.15, 0.2) is 0 Å². The number of anilines is 1. The lowest BCUT2D eigenvalue weighted by Gasteiger charge is -2.33. The van der Waals surface area contributed by atoms with Crippen LogP contribution in [0.5, 0.6) is 0 Å². The minimum Gasteiger partial charge on any atom is -0.363 e. The lowest BCUT2D eigenvalue weighted by molar-refractivity contribution is 0.621. The van der Waals surface area contributed by atoms with Crippen LogP contribution >= 0.6 is 0 Å². The highest BCUT2D eigenvalue weighted by atomic mass is 19.1. The summed E-state index contributed by atoms with van der Waals surface area (Å²) >= 11 is 0. The van der Waals surface area contributed by atoms with E-state index in [4.69, 9.17) is 5.73 Å². The summed E-state index contributed by atoms with van der Waals surface area (Å²) in [5, 5.41) is 0. The second-order valence-electron chi connectivity index (χ2n) is 5.30. The van der Waals surface area contributed by atoms with Crippen LogP contribution in [0.15, 0.2) is 42.5 Å². The van der Waals surface area contributed by atoms with Gasteiger partial charge in [-0.3, -0.25) is 0 Å². The van der Waals surface area contributed by atoms with Crippen LogP contribution in [0.1, 0.15) is 29.7 Å². The largest absolute Gasteiger partial charge is 0.363 e. The quantitative estimate of drug-likeness (QED) is 0.901. The highest BCUT2D eigenvalue weighted by Crippen LogP contribution is 2.29. The van der Waals surface area contributed by atoms with Crippen molar-refractivity contribution in [2.75, 3.05) is 18.0 Å². The van der Waals surface area contributed by atoms with Gasteiger partial charge in [-0.25, -0.2) is 4.39 Å². The molecule has 112 valence electrons. The molecule has 0 aliphatic heterocycles. The van der Waals surface area contributed by atoms with Crippen LogP contribution in [0.4, 0.5) is 10.1 Å². The van der Waals surface area contributed by atoms with Gasteiger partial charge >= 0.3 is 0 Å². The molecule has 3 heteroatoms. The molecule has 2 aromatic carbocycles. The zero-order valence-corrected chi connectivity index (χ0v) is 12.9. The van der Waals surface area contributed by atoms with E-state index in [2.05, 4.69) is 43.9 Å². The van der Waals surface area contributed by atoms with Crippen molar-refractivity contribution in [3.8, 4) is 0 Å². The fourth-order valence-electron chi connectivity index (χ4n) is 2.77. The number of nitrogens with two attached hydrogens (primary N) is 1. The summed E-state index contributed by atoms with van der Waals surface area (Å²) in [4.78, 5) is 2.22. The van der Waals surface area contributed by atoms with Crippen LogP contribution in [-0.2, 0) is 0 Å². The molecule has 0 spiro atoms. The van der Waals surface area contributed by atoms with Crippen molar-refractivity contribution in [3.05, 3.63) is 65.0 Å². The van der Waals surface area contributed by atoms with Gasteiger partial charge in [-0.1, -0.05) is 18.2 Å². The Morgan fingerprint density at radius 2 is 1.76 bits per heavy atom. The number of hydrogen-bond donors (Lipinski definition) is 1. The Morgan fingerprint density at radius 1 is 1.10 bits per heavy atom. The smallest absolute Gasteiger partial charge is 0.123 e. The molecule has 0 radical (unpaired) electrons. The molecule has 0 saturated heterocycles. The van der Waals surface area contributed by atoms with Crippen molar-refractivity contribution in [3.63, 3.8) is 0 Å². The molecule has 2 nitrogen and oxygen atoms in total. The molecular weight excluding hydrogens is 263 g/mol. The molecule has 0 heterocycles. The molecule has 0 aliphatic rings. The molecule has 0 bridgehead atoms. The summed E-state index contributed by atoms with van der Waals surface area (Å²) in [6.45, 7) is 7.68. The second-order valence-corrected chi connectivity index (χ2v) is 5.30. The third-order valence-electron chi connectivity index (χ3n) is 4.10. The van der Waals surface area contributed by atoms with E-state index < -0.39 is 0 Å². The van der Waals surface area contributed by atoms with Crippen molar-refractivity contribution in [2.24, 2.45) is 5.73 Å². The minimum atomic E-state index is -0.217. The van der Waals surface area contributed by atoms with Gasteiger partial charge in [0.25, 0.3) is 0 Å². The van der Waals surface area contributed by atoms with Crippen LogP contribution in [0.3, 0.4) is 0 Å². The summed E-state index contributed by atoms with van der Waals surface area (Å²) in [5.41, 5.74) is 10.8. The zero-order chi connectivity index (χ0) is 15.4. The molecule has 2 N–H and O–H groups in total. The Kier molecular flexibility index (Phi) is 4.97. The summed E-state index contributed by atoms with van der Waals surface area (Å²) in [6, 6.07) is 13.0. The number of rotatable bonds is 5. The fraction of sp³-hybridized carbons (Fsp3) is 0.333. The summed E-state index contributed by atoms with van der Waals surface area (Å²) in [5.74, 6) is -0.217. The monoisotopic (exact) mass is 286 g/mol. The van der Waals surface area contributed by atoms with E-state index in [1.165, 1.54) is 28.8 Å². The number of halogens is 1. The van der Waals surface area contributed by atoms with Gasteiger partial charge in [0.2, 0.25) is 0 Å². The van der Waals surface area contributed by atoms with Gasteiger partial charge in [0.1, 0.15) is 5.82 Å². The van der Waals surface area contributed by atoms with Crippen molar-refractivity contribution < 1.29 is 4.39 Å². The molecule has 2 rings (SSSR count). The first-order valence-electron chi connectivity index (χ1n) is 7.36. The number of nitrogens with zero attached hydrogens (tertiary/aromatic N) is 1. The number of likely N-dealkylation sites (N-methyl/N-ethyl adjacent to an activating group) is 1. The van der Waals surface area contributed by atoms with E-state index in [0.29, 0.717) is 6.54 Å². The van der Waals surface area contributed by atoms with Gasteiger partial charge in [0.05, 0.1) is 6.04 Å². The molecule has 1 atom stereocenters. The van der Waals surface area contributed by atoms with E-state index >= 15 is 0 Å². The van der Waals surface area contributed by atoms with Crippen molar-refractivity contribution in [2.45, 2.75) is 26.8 Å². The van der Waals surface area contributed by atoms with Crippen LogP contribution in [0.25, 0.3) is 0 Å². The molecular formula is C18H23FN2. The normalized spacial score (nSPS) is 12.2. The summed E-state index contributed by atoms with van der Waals surface area (Å²) in [7, 11) is 0. The molecule has 0 aliphatic carbocycles. The molecule has 0 amide bonds. The van der Waals surface area contributed by atoms with E-state index in [1.807, 2.05) is 12.1 Å². The fourth-order valence-corrected chi connectivity index (χ4v) is 2.77. The van der Waals surface area contributed by atoms with E-state index in [1.54, 1.807) is 0 Å². The molecule has 2 aromatic rings.